The molecule has 96 valence electrons. The van der Waals surface area contributed by atoms with Gasteiger partial charge in [-0.3, -0.25) is 0 Å². The Labute approximate surface area is 106 Å². The summed E-state index contributed by atoms with van der Waals surface area (Å²) in [6.45, 7) is 3.14. The molecule has 0 bridgehead atoms. The van der Waals surface area contributed by atoms with Gasteiger partial charge in [-0.25, -0.2) is 13.4 Å². The monoisotopic (exact) mass is 275 g/mol. The van der Waals surface area contributed by atoms with Gasteiger partial charge in [-0.1, -0.05) is 6.92 Å². The average molecular weight is 275 g/mol. The molecule has 1 aliphatic rings. The number of rotatable bonds is 3. The van der Waals surface area contributed by atoms with Gasteiger partial charge in [0.2, 0.25) is 0 Å². The van der Waals surface area contributed by atoms with Crippen molar-refractivity contribution in [3.05, 3.63) is 12.0 Å². The third-order valence-corrected chi connectivity index (χ3v) is 5.60. The van der Waals surface area contributed by atoms with E-state index in [1.165, 1.54) is 6.20 Å². The third-order valence-electron chi connectivity index (χ3n) is 2.74. The Bertz CT molecular complexity index is 462. The summed E-state index contributed by atoms with van der Waals surface area (Å²) in [6.07, 6.45) is 3.05. The van der Waals surface area contributed by atoms with Crippen molar-refractivity contribution < 1.29 is 8.42 Å². The lowest BCUT2D eigenvalue weighted by Gasteiger charge is -2.18. The van der Waals surface area contributed by atoms with Crippen LogP contribution in [0.25, 0.3) is 0 Å². The van der Waals surface area contributed by atoms with Gasteiger partial charge in [0.25, 0.3) is 10.0 Å². The number of nitrogens with one attached hydrogen (secondary N) is 1. The third kappa shape index (κ3) is 2.83. The molecule has 0 amide bonds. The Morgan fingerprint density at radius 2 is 2.29 bits per heavy atom. The molecule has 1 saturated heterocycles. The van der Waals surface area contributed by atoms with Crippen molar-refractivity contribution in [1.29, 1.82) is 0 Å². The molecule has 1 aromatic rings. The van der Waals surface area contributed by atoms with Crippen molar-refractivity contribution in [3.8, 4) is 0 Å². The predicted molar refractivity (Wildman–Crippen MR) is 68.7 cm³/mol. The van der Waals surface area contributed by atoms with Gasteiger partial charge in [0.15, 0.2) is 5.03 Å². The Morgan fingerprint density at radius 1 is 1.47 bits per heavy atom. The molecule has 0 spiro atoms. The second-order valence-corrected chi connectivity index (χ2v) is 7.05. The van der Waals surface area contributed by atoms with E-state index in [1.54, 1.807) is 4.31 Å². The first kappa shape index (κ1) is 12.9. The van der Waals surface area contributed by atoms with Crippen LogP contribution in [0.1, 0.15) is 19.2 Å². The van der Waals surface area contributed by atoms with Gasteiger partial charge >= 0.3 is 0 Å². The van der Waals surface area contributed by atoms with Crippen molar-refractivity contribution in [1.82, 2.24) is 14.3 Å². The summed E-state index contributed by atoms with van der Waals surface area (Å²) in [5.74, 6) is 2.62. The molecule has 5 nitrogen and oxygen atoms in total. The highest BCUT2D eigenvalue weighted by molar-refractivity contribution is 7.99. The van der Waals surface area contributed by atoms with Crippen LogP contribution >= 0.6 is 11.8 Å². The van der Waals surface area contributed by atoms with E-state index in [4.69, 9.17) is 0 Å². The first-order chi connectivity index (χ1) is 8.14. The maximum absolute atomic E-state index is 12.3. The number of sulfonamides is 1. The Hall–Kier alpha value is -0.530. The number of nitrogens with zero attached hydrogens (tertiary/aromatic N) is 2. The van der Waals surface area contributed by atoms with Crippen molar-refractivity contribution in [3.63, 3.8) is 0 Å². The van der Waals surface area contributed by atoms with Crippen molar-refractivity contribution in [2.45, 2.75) is 24.8 Å². The normalized spacial score (nSPS) is 19.1. The number of H-pyrrole nitrogens is 1. The zero-order chi connectivity index (χ0) is 12.3. The maximum atomic E-state index is 12.3. The number of hydrogen-bond donors (Lipinski definition) is 1. The Balaban J connectivity index is 2.22. The van der Waals surface area contributed by atoms with Crippen LogP contribution < -0.4 is 0 Å². The molecule has 0 saturated carbocycles. The molecule has 0 atom stereocenters. The summed E-state index contributed by atoms with van der Waals surface area (Å²) < 4.78 is 26.2. The number of aryl methyl sites for hydroxylation is 1. The number of hydrogen-bond acceptors (Lipinski definition) is 4. The van der Waals surface area contributed by atoms with Gasteiger partial charge in [-0.05, 0) is 12.2 Å². The lowest BCUT2D eigenvalue weighted by molar-refractivity contribution is 0.433. The van der Waals surface area contributed by atoms with E-state index >= 15 is 0 Å². The van der Waals surface area contributed by atoms with E-state index in [2.05, 4.69) is 9.97 Å². The molecule has 1 fully saturated rings. The average Bonchev–Trinajstić information content (AvgIpc) is 2.64. The second kappa shape index (κ2) is 5.41. The summed E-state index contributed by atoms with van der Waals surface area (Å²) in [6, 6.07) is 0. The van der Waals surface area contributed by atoms with Gasteiger partial charge in [-0.15, -0.1) is 0 Å². The van der Waals surface area contributed by atoms with Crippen LogP contribution in [0.3, 0.4) is 0 Å². The molecule has 1 N–H and O–H groups in total. The largest absolute Gasteiger partial charge is 0.332 e. The highest BCUT2D eigenvalue weighted by Gasteiger charge is 2.26. The van der Waals surface area contributed by atoms with E-state index in [0.717, 1.165) is 17.9 Å². The highest BCUT2D eigenvalue weighted by Crippen LogP contribution is 2.18. The van der Waals surface area contributed by atoms with Crippen LogP contribution in [-0.4, -0.2) is 47.3 Å². The van der Waals surface area contributed by atoms with E-state index in [-0.39, 0.29) is 5.03 Å². The molecule has 17 heavy (non-hydrogen) atoms. The van der Waals surface area contributed by atoms with Crippen LogP contribution in [0.2, 0.25) is 0 Å². The Morgan fingerprint density at radius 3 is 3.00 bits per heavy atom. The number of thioether (sulfide) groups is 1. The van der Waals surface area contributed by atoms with Crippen molar-refractivity contribution in [2.75, 3.05) is 24.6 Å². The zero-order valence-corrected chi connectivity index (χ0v) is 11.5. The smallest absolute Gasteiger partial charge is 0.260 e. The molecular formula is C10H17N3O2S2. The van der Waals surface area contributed by atoms with Crippen LogP contribution in [-0.2, 0) is 16.4 Å². The topological polar surface area (TPSA) is 66.1 Å². The number of aromatic amines is 1. The van der Waals surface area contributed by atoms with E-state index in [0.29, 0.717) is 25.3 Å². The first-order valence-electron chi connectivity index (χ1n) is 5.76. The van der Waals surface area contributed by atoms with Crippen LogP contribution in [0, 0.1) is 0 Å². The van der Waals surface area contributed by atoms with Gasteiger partial charge in [0, 0.05) is 25.3 Å². The number of aromatic nitrogens is 2. The molecule has 0 unspecified atom stereocenters. The fourth-order valence-electron chi connectivity index (χ4n) is 1.76. The minimum atomic E-state index is -3.37. The van der Waals surface area contributed by atoms with E-state index in [1.807, 2.05) is 18.7 Å². The maximum Gasteiger partial charge on any atom is 0.260 e. The van der Waals surface area contributed by atoms with Crippen LogP contribution in [0.15, 0.2) is 11.2 Å². The standard InChI is InChI=1S/C10H17N3O2S2/c1-2-9-11-8-10(12-9)17(14,15)13-4-3-6-16-7-5-13/h8H,2-7H2,1H3,(H,11,12). The fourth-order valence-corrected chi connectivity index (χ4v) is 4.17. The van der Waals surface area contributed by atoms with Crippen molar-refractivity contribution in [2.24, 2.45) is 0 Å². The minimum absolute atomic E-state index is 0.223. The quantitative estimate of drug-likeness (QED) is 0.897. The summed E-state index contributed by atoms with van der Waals surface area (Å²) in [4.78, 5) is 6.93. The highest BCUT2D eigenvalue weighted by atomic mass is 32.2. The van der Waals surface area contributed by atoms with Crippen LogP contribution in [0.5, 0.6) is 0 Å². The second-order valence-electron chi connectivity index (χ2n) is 3.92. The SMILES string of the molecule is CCc1ncc(S(=O)(=O)N2CCCSCC2)[nH]1. The van der Waals surface area contributed by atoms with Crippen molar-refractivity contribution >= 4 is 21.8 Å². The molecule has 2 heterocycles. The fraction of sp³-hybridized carbons (Fsp3) is 0.700. The van der Waals surface area contributed by atoms with Gasteiger partial charge < -0.3 is 4.98 Å². The molecular weight excluding hydrogens is 258 g/mol. The molecule has 1 aliphatic heterocycles. The molecule has 2 rings (SSSR count). The first-order valence-corrected chi connectivity index (χ1v) is 8.36. The zero-order valence-electron chi connectivity index (χ0n) is 9.85. The molecule has 7 heteroatoms. The summed E-state index contributed by atoms with van der Waals surface area (Å²) in [5, 5.41) is 0.223. The minimum Gasteiger partial charge on any atom is -0.332 e. The molecule has 0 aromatic carbocycles. The van der Waals surface area contributed by atoms with Gasteiger partial charge in [0.05, 0.1) is 6.20 Å². The summed E-state index contributed by atoms with van der Waals surface area (Å²) in [7, 11) is -3.37. The molecule has 0 aliphatic carbocycles. The van der Waals surface area contributed by atoms with E-state index in [9.17, 15) is 8.42 Å². The number of imidazole rings is 1. The predicted octanol–water partition coefficient (Wildman–Crippen LogP) is 1.10. The van der Waals surface area contributed by atoms with E-state index < -0.39 is 10.0 Å². The van der Waals surface area contributed by atoms with Gasteiger partial charge in [-0.2, -0.15) is 16.1 Å². The summed E-state index contributed by atoms with van der Waals surface area (Å²) in [5.41, 5.74) is 0. The lowest BCUT2D eigenvalue weighted by atomic mass is 10.5. The lowest BCUT2D eigenvalue weighted by Crippen LogP contribution is -2.33. The summed E-state index contributed by atoms with van der Waals surface area (Å²) >= 11 is 1.81. The van der Waals surface area contributed by atoms with Crippen LogP contribution in [0.4, 0.5) is 0 Å². The molecule has 0 radical (unpaired) electrons. The van der Waals surface area contributed by atoms with Gasteiger partial charge in [0.1, 0.15) is 5.82 Å². The molecule has 1 aromatic heterocycles. The Kier molecular flexibility index (Phi) is 4.11.